The van der Waals surface area contributed by atoms with Gasteiger partial charge in [-0.3, -0.25) is 4.79 Å². The van der Waals surface area contributed by atoms with Crippen LogP contribution in [0.2, 0.25) is 0 Å². The van der Waals surface area contributed by atoms with Gasteiger partial charge in [0.1, 0.15) is 18.1 Å². The van der Waals surface area contributed by atoms with E-state index in [1.165, 1.54) is 0 Å². The number of carboxylic acid groups (broad SMARTS) is 1. The Hall–Kier alpha value is -1.75. The second-order valence-corrected chi connectivity index (χ2v) is 5.63. The van der Waals surface area contributed by atoms with E-state index < -0.39 is 11.4 Å². The third-order valence-electron chi connectivity index (χ3n) is 3.09. The van der Waals surface area contributed by atoms with Crippen molar-refractivity contribution < 1.29 is 19.4 Å². The Kier molecular flexibility index (Phi) is 6.49. The SMILES string of the molecule is CCCOc1ccc(CCN)c(OCC(C)(C)C(=O)O)c1. The van der Waals surface area contributed by atoms with E-state index in [4.69, 9.17) is 20.3 Å². The van der Waals surface area contributed by atoms with Gasteiger partial charge < -0.3 is 20.3 Å². The third kappa shape index (κ3) is 5.27. The molecule has 5 heteroatoms. The van der Waals surface area contributed by atoms with Crippen molar-refractivity contribution in [3.8, 4) is 11.5 Å². The lowest BCUT2D eigenvalue weighted by Gasteiger charge is -2.21. The fraction of sp³-hybridized carbons (Fsp3) is 0.562. The minimum absolute atomic E-state index is 0.0944. The number of hydrogen-bond acceptors (Lipinski definition) is 4. The van der Waals surface area contributed by atoms with Crippen molar-refractivity contribution in [3.63, 3.8) is 0 Å². The minimum atomic E-state index is -0.944. The summed E-state index contributed by atoms with van der Waals surface area (Å²) < 4.78 is 11.3. The summed E-state index contributed by atoms with van der Waals surface area (Å²) in [5, 5.41) is 9.14. The third-order valence-corrected chi connectivity index (χ3v) is 3.09. The van der Waals surface area contributed by atoms with Gasteiger partial charge in [-0.15, -0.1) is 0 Å². The number of ether oxygens (including phenoxy) is 2. The highest BCUT2D eigenvalue weighted by Crippen LogP contribution is 2.27. The molecule has 21 heavy (non-hydrogen) atoms. The van der Waals surface area contributed by atoms with Gasteiger partial charge in [-0.05, 0) is 44.9 Å². The molecule has 3 N–H and O–H groups in total. The van der Waals surface area contributed by atoms with E-state index in [0.717, 1.165) is 17.7 Å². The molecule has 0 aromatic heterocycles. The summed E-state index contributed by atoms with van der Waals surface area (Å²) in [5.74, 6) is 0.477. The molecule has 0 aliphatic carbocycles. The van der Waals surface area contributed by atoms with Gasteiger partial charge in [0.05, 0.1) is 12.0 Å². The molecule has 1 aromatic rings. The zero-order chi connectivity index (χ0) is 15.9. The van der Waals surface area contributed by atoms with Gasteiger partial charge in [0.25, 0.3) is 0 Å². The molecule has 0 aliphatic rings. The first kappa shape index (κ1) is 17.3. The molecule has 0 amide bonds. The topological polar surface area (TPSA) is 81.8 Å². The van der Waals surface area contributed by atoms with Gasteiger partial charge in [0, 0.05) is 6.07 Å². The number of benzene rings is 1. The Balaban J connectivity index is 2.87. The first-order chi connectivity index (χ1) is 9.90. The summed E-state index contributed by atoms with van der Waals surface area (Å²) in [6, 6.07) is 5.61. The molecule has 0 spiro atoms. The number of hydrogen-bond donors (Lipinski definition) is 2. The summed E-state index contributed by atoms with van der Waals surface area (Å²) in [6.07, 6.45) is 1.60. The molecule has 0 aliphatic heterocycles. The highest BCUT2D eigenvalue weighted by atomic mass is 16.5. The van der Waals surface area contributed by atoms with E-state index >= 15 is 0 Å². The predicted molar refractivity (Wildman–Crippen MR) is 81.9 cm³/mol. The lowest BCUT2D eigenvalue weighted by atomic mass is 9.95. The summed E-state index contributed by atoms with van der Waals surface area (Å²) in [7, 11) is 0. The highest BCUT2D eigenvalue weighted by molar-refractivity contribution is 5.73. The maximum atomic E-state index is 11.1. The van der Waals surface area contributed by atoms with Crippen LogP contribution in [0.25, 0.3) is 0 Å². The number of nitrogens with two attached hydrogens (primary N) is 1. The fourth-order valence-electron chi connectivity index (χ4n) is 1.66. The van der Waals surface area contributed by atoms with Gasteiger partial charge in [-0.1, -0.05) is 13.0 Å². The molecule has 0 saturated heterocycles. The van der Waals surface area contributed by atoms with Crippen molar-refractivity contribution in [2.75, 3.05) is 19.8 Å². The van der Waals surface area contributed by atoms with Gasteiger partial charge in [0.2, 0.25) is 0 Å². The number of carbonyl (C=O) groups is 1. The first-order valence-electron chi connectivity index (χ1n) is 7.22. The molecular weight excluding hydrogens is 270 g/mol. The molecular formula is C16H25NO4. The number of aliphatic carboxylic acids is 1. The Morgan fingerprint density at radius 2 is 2.05 bits per heavy atom. The van der Waals surface area contributed by atoms with Crippen molar-refractivity contribution in [1.29, 1.82) is 0 Å². The lowest BCUT2D eigenvalue weighted by molar-refractivity contribution is -0.148. The van der Waals surface area contributed by atoms with E-state index in [1.54, 1.807) is 19.9 Å². The predicted octanol–water partition coefficient (Wildman–Crippen LogP) is 2.47. The summed E-state index contributed by atoms with van der Waals surface area (Å²) in [5.41, 5.74) is 5.61. The van der Waals surface area contributed by atoms with E-state index in [0.29, 0.717) is 25.3 Å². The van der Waals surface area contributed by atoms with Crippen LogP contribution in [-0.4, -0.2) is 30.8 Å². The zero-order valence-corrected chi connectivity index (χ0v) is 13.0. The van der Waals surface area contributed by atoms with Crippen LogP contribution in [0.3, 0.4) is 0 Å². The van der Waals surface area contributed by atoms with Crippen LogP contribution < -0.4 is 15.2 Å². The molecule has 0 bridgehead atoms. The Bertz CT molecular complexity index is 471. The van der Waals surface area contributed by atoms with Crippen molar-refractivity contribution in [2.45, 2.75) is 33.6 Å². The Morgan fingerprint density at radius 3 is 2.62 bits per heavy atom. The van der Waals surface area contributed by atoms with Gasteiger partial charge in [0.15, 0.2) is 0 Å². The monoisotopic (exact) mass is 295 g/mol. The first-order valence-corrected chi connectivity index (χ1v) is 7.22. The largest absolute Gasteiger partial charge is 0.493 e. The zero-order valence-electron chi connectivity index (χ0n) is 13.0. The number of rotatable bonds is 9. The molecule has 0 unspecified atom stereocenters. The van der Waals surface area contributed by atoms with Crippen LogP contribution in [0.4, 0.5) is 0 Å². The molecule has 118 valence electrons. The average molecular weight is 295 g/mol. The summed E-state index contributed by atoms with van der Waals surface area (Å²) in [6.45, 7) is 6.54. The van der Waals surface area contributed by atoms with Crippen LogP contribution in [0.1, 0.15) is 32.8 Å². The normalized spacial score (nSPS) is 11.2. The van der Waals surface area contributed by atoms with Crippen molar-refractivity contribution in [2.24, 2.45) is 11.1 Å². The van der Waals surface area contributed by atoms with Crippen LogP contribution in [0.5, 0.6) is 11.5 Å². The number of carboxylic acids is 1. The maximum Gasteiger partial charge on any atom is 0.312 e. The molecule has 0 atom stereocenters. The van der Waals surface area contributed by atoms with Crippen LogP contribution in [0.15, 0.2) is 18.2 Å². The van der Waals surface area contributed by atoms with Gasteiger partial charge >= 0.3 is 5.97 Å². The molecule has 5 nitrogen and oxygen atoms in total. The molecule has 0 heterocycles. The quantitative estimate of drug-likeness (QED) is 0.731. The summed E-state index contributed by atoms with van der Waals surface area (Å²) in [4.78, 5) is 11.1. The van der Waals surface area contributed by atoms with Crippen LogP contribution in [-0.2, 0) is 11.2 Å². The molecule has 0 fully saturated rings. The standard InChI is InChI=1S/C16H25NO4/c1-4-9-20-13-6-5-12(7-8-17)14(10-13)21-11-16(2,3)15(18)19/h5-6,10H,4,7-9,11,17H2,1-3H3,(H,18,19). The summed E-state index contributed by atoms with van der Waals surface area (Å²) >= 11 is 0. The van der Waals surface area contributed by atoms with Crippen molar-refractivity contribution >= 4 is 5.97 Å². The van der Waals surface area contributed by atoms with E-state index in [2.05, 4.69) is 0 Å². The lowest BCUT2D eigenvalue weighted by Crippen LogP contribution is -2.30. The Labute approximate surface area is 126 Å². The molecule has 0 saturated carbocycles. The van der Waals surface area contributed by atoms with E-state index in [9.17, 15) is 4.79 Å². The maximum absolute atomic E-state index is 11.1. The fourth-order valence-corrected chi connectivity index (χ4v) is 1.66. The van der Waals surface area contributed by atoms with Crippen molar-refractivity contribution in [3.05, 3.63) is 23.8 Å². The Morgan fingerprint density at radius 1 is 1.33 bits per heavy atom. The van der Waals surface area contributed by atoms with E-state index in [1.807, 2.05) is 19.1 Å². The highest BCUT2D eigenvalue weighted by Gasteiger charge is 2.28. The second-order valence-electron chi connectivity index (χ2n) is 5.63. The average Bonchev–Trinajstić information content (AvgIpc) is 2.44. The van der Waals surface area contributed by atoms with Crippen LogP contribution >= 0.6 is 0 Å². The smallest absolute Gasteiger partial charge is 0.312 e. The van der Waals surface area contributed by atoms with E-state index in [-0.39, 0.29) is 6.61 Å². The molecule has 1 rings (SSSR count). The van der Waals surface area contributed by atoms with Crippen molar-refractivity contribution in [1.82, 2.24) is 0 Å². The molecule has 1 aromatic carbocycles. The van der Waals surface area contributed by atoms with Crippen LogP contribution in [0, 0.1) is 5.41 Å². The molecule has 0 radical (unpaired) electrons. The second kappa shape index (κ2) is 7.88. The van der Waals surface area contributed by atoms with Gasteiger partial charge in [-0.2, -0.15) is 0 Å². The minimum Gasteiger partial charge on any atom is -0.493 e. The van der Waals surface area contributed by atoms with Gasteiger partial charge in [-0.25, -0.2) is 0 Å².